The Morgan fingerprint density at radius 2 is 1.91 bits per heavy atom. The van der Waals surface area contributed by atoms with E-state index in [1.165, 1.54) is 18.3 Å². The third-order valence-corrected chi connectivity index (χ3v) is 4.16. The van der Waals surface area contributed by atoms with Crippen LogP contribution in [0.15, 0.2) is 36.5 Å². The van der Waals surface area contributed by atoms with Crippen LogP contribution >= 0.6 is 11.3 Å². The molecule has 0 bridgehead atoms. The lowest BCUT2D eigenvalue weighted by atomic mass is 10.1. The van der Waals surface area contributed by atoms with Crippen molar-refractivity contribution in [3.05, 3.63) is 47.0 Å². The van der Waals surface area contributed by atoms with E-state index in [1.54, 1.807) is 30.5 Å². The summed E-state index contributed by atoms with van der Waals surface area (Å²) < 4.78 is 5.15. The van der Waals surface area contributed by atoms with Gasteiger partial charge in [0, 0.05) is 23.6 Å². The molecule has 1 aromatic heterocycles. The van der Waals surface area contributed by atoms with Crippen LogP contribution in [0.4, 0.5) is 5.13 Å². The summed E-state index contributed by atoms with van der Waals surface area (Å²) in [6.07, 6.45) is 0.763. The lowest BCUT2D eigenvalue weighted by Crippen LogP contribution is -2.25. The van der Waals surface area contributed by atoms with Crippen molar-refractivity contribution in [3.8, 4) is 0 Å². The van der Waals surface area contributed by atoms with Crippen molar-refractivity contribution in [1.29, 1.82) is 0 Å². The maximum Gasteiger partial charge on any atom is 0.303 e. The Bertz CT molecular complexity index is 652. The van der Waals surface area contributed by atoms with Crippen LogP contribution < -0.4 is 5.32 Å². The number of aromatic nitrogens is 1. The Kier molecular flexibility index (Phi) is 5.27. The predicted molar refractivity (Wildman–Crippen MR) is 85.8 cm³/mol. The molecule has 22 heavy (non-hydrogen) atoms. The van der Waals surface area contributed by atoms with Gasteiger partial charge in [0.25, 0.3) is 5.91 Å². The third-order valence-electron chi connectivity index (χ3n) is 2.95. The second-order valence-corrected chi connectivity index (χ2v) is 6.17. The van der Waals surface area contributed by atoms with Crippen molar-refractivity contribution in [1.82, 2.24) is 4.98 Å². The molecule has 0 fully saturated rings. The standard InChI is InChI=1S/C16H18N2O3S/c1-10(2)13-9-17-16(22-13)18-15(20)14(21-11(3)19)12-7-5-4-6-8-12/h4-10,14H,1-3H3,(H,17,18,20). The van der Waals surface area contributed by atoms with E-state index in [0.29, 0.717) is 16.6 Å². The van der Waals surface area contributed by atoms with Crippen molar-refractivity contribution >= 4 is 28.3 Å². The van der Waals surface area contributed by atoms with Gasteiger partial charge in [-0.15, -0.1) is 11.3 Å². The van der Waals surface area contributed by atoms with Crippen LogP contribution in [-0.4, -0.2) is 16.9 Å². The molecule has 116 valence electrons. The Balaban J connectivity index is 2.16. The van der Waals surface area contributed by atoms with E-state index in [4.69, 9.17) is 4.74 Å². The molecular weight excluding hydrogens is 300 g/mol. The van der Waals surface area contributed by atoms with Crippen molar-refractivity contribution in [2.24, 2.45) is 0 Å². The van der Waals surface area contributed by atoms with Gasteiger partial charge in [-0.25, -0.2) is 4.98 Å². The number of amides is 1. The normalized spacial score (nSPS) is 12.0. The van der Waals surface area contributed by atoms with Gasteiger partial charge < -0.3 is 4.74 Å². The highest BCUT2D eigenvalue weighted by Gasteiger charge is 2.24. The highest BCUT2D eigenvalue weighted by atomic mass is 32.1. The molecule has 5 nitrogen and oxygen atoms in total. The second kappa shape index (κ2) is 7.17. The molecule has 0 aliphatic heterocycles. The topological polar surface area (TPSA) is 68.3 Å². The number of rotatable bonds is 5. The van der Waals surface area contributed by atoms with Crippen LogP contribution in [0, 0.1) is 0 Å². The zero-order chi connectivity index (χ0) is 16.1. The van der Waals surface area contributed by atoms with Crippen LogP contribution in [-0.2, 0) is 14.3 Å². The molecular formula is C16H18N2O3S. The van der Waals surface area contributed by atoms with E-state index < -0.39 is 18.0 Å². The van der Waals surface area contributed by atoms with E-state index in [0.717, 1.165) is 4.88 Å². The van der Waals surface area contributed by atoms with Crippen LogP contribution in [0.5, 0.6) is 0 Å². The van der Waals surface area contributed by atoms with Crippen LogP contribution in [0.1, 0.15) is 43.2 Å². The summed E-state index contributed by atoms with van der Waals surface area (Å²) >= 11 is 1.42. The van der Waals surface area contributed by atoms with Crippen LogP contribution in [0.3, 0.4) is 0 Å². The Hall–Kier alpha value is -2.21. The van der Waals surface area contributed by atoms with Gasteiger partial charge in [0.05, 0.1) is 0 Å². The van der Waals surface area contributed by atoms with Crippen molar-refractivity contribution in [3.63, 3.8) is 0 Å². The zero-order valence-electron chi connectivity index (χ0n) is 12.7. The number of ether oxygens (including phenoxy) is 1. The van der Waals surface area contributed by atoms with Gasteiger partial charge in [0.15, 0.2) is 5.13 Å². The van der Waals surface area contributed by atoms with Crippen molar-refractivity contribution in [2.45, 2.75) is 32.8 Å². The first-order chi connectivity index (χ1) is 10.5. The molecule has 1 atom stereocenters. The fourth-order valence-corrected chi connectivity index (χ4v) is 2.67. The molecule has 2 aromatic rings. The molecule has 0 spiro atoms. The molecule has 2 rings (SSSR count). The largest absolute Gasteiger partial charge is 0.447 e. The predicted octanol–water partition coefficient (Wildman–Crippen LogP) is 3.51. The van der Waals surface area contributed by atoms with E-state index in [-0.39, 0.29) is 0 Å². The van der Waals surface area contributed by atoms with E-state index in [9.17, 15) is 9.59 Å². The molecule has 1 amide bonds. The first-order valence-corrected chi connectivity index (χ1v) is 7.77. The number of anilines is 1. The average Bonchev–Trinajstić information content (AvgIpc) is 2.94. The number of carbonyl (C=O) groups is 2. The van der Waals surface area contributed by atoms with Crippen LogP contribution in [0.2, 0.25) is 0 Å². The minimum absolute atomic E-state index is 0.349. The van der Waals surface area contributed by atoms with Gasteiger partial charge in [-0.1, -0.05) is 44.2 Å². The molecule has 0 aliphatic rings. The summed E-state index contributed by atoms with van der Waals surface area (Å²) in [6.45, 7) is 5.40. The van der Waals surface area contributed by atoms with Gasteiger partial charge >= 0.3 is 5.97 Å². The molecule has 1 unspecified atom stereocenters. The average molecular weight is 318 g/mol. The first kappa shape index (κ1) is 16.2. The summed E-state index contributed by atoms with van der Waals surface area (Å²) in [6, 6.07) is 8.91. The van der Waals surface area contributed by atoms with E-state index in [1.807, 2.05) is 6.07 Å². The van der Waals surface area contributed by atoms with Gasteiger partial charge in [-0.05, 0) is 5.92 Å². The van der Waals surface area contributed by atoms with Crippen molar-refractivity contribution < 1.29 is 14.3 Å². The summed E-state index contributed by atoms with van der Waals surface area (Å²) in [5.74, 6) is -0.571. The van der Waals surface area contributed by atoms with E-state index >= 15 is 0 Å². The summed E-state index contributed by atoms with van der Waals surface area (Å²) in [5, 5.41) is 3.21. The lowest BCUT2D eigenvalue weighted by molar-refractivity contribution is -0.152. The minimum Gasteiger partial charge on any atom is -0.447 e. The van der Waals surface area contributed by atoms with Gasteiger partial charge in [0.1, 0.15) is 0 Å². The molecule has 1 aromatic carbocycles. The summed E-state index contributed by atoms with van der Waals surface area (Å²) in [5.41, 5.74) is 0.621. The Morgan fingerprint density at radius 1 is 1.23 bits per heavy atom. The molecule has 1 N–H and O–H groups in total. The molecule has 0 aliphatic carbocycles. The number of thiazole rings is 1. The number of benzene rings is 1. The third kappa shape index (κ3) is 4.14. The number of hydrogen-bond acceptors (Lipinski definition) is 5. The van der Waals surface area contributed by atoms with Crippen molar-refractivity contribution in [2.75, 3.05) is 5.32 Å². The smallest absolute Gasteiger partial charge is 0.303 e. The summed E-state index contributed by atoms with van der Waals surface area (Å²) in [4.78, 5) is 28.9. The highest BCUT2D eigenvalue weighted by molar-refractivity contribution is 7.15. The number of nitrogens with one attached hydrogen (secondary N) is 1. The second-order valence-electron chi connectivity index (χ2n) is 5.11. The quantitative estimate of drug-likeness (QED) is 0.857. The fourth-order valence-electron chi connectivity index (χ4n) is 1.85. The zero-order valence-corrected chi connectivity index (χ0v) is 13.5. The Morgan fingerprint density at radius 3 is 2.45 bits per heavy atom. The minimum atomic E-state index is -0.981. The lowest BCUT2D eigenvalue weighted by Gasteiger charge is -2.16. The number of hydrogen-bond donors (Lipinski definition) is 1. The SMILES string of the molecule is CC(=O)OC(C(=O)Nc1ncc(C(C)C)s1)c1ccccc1. The number of esters is 1. The molecule has 0 radical (unpaired) electrons. The first-order valence-electron chi connectivity index (χ1n) is 6.96. The molecule has 6 heteroatoms. The molecule has 0 saturated carbocycles. The van der Waals surface area contributed by atoms with Gasteiger partial charge in [-0.3, -0.25) is 14.9 Å². The monoisotopic (exact) mass is 318 g/mol. The number of carbonyl (C=O) groups excluding carboxylic acids is 2. The maximum absolute atomic E-state index is 12.4. The maximum atomic E-state index is 12.4. The van der Waals surface area contributed by atoms with Crippen LogP contribution in [0.25, 0.3) is 0 Å². The van der Waals surface area contributed by atoms with Gasteiger partial charge in [0.2, 0.25) is 6.10 Å². The van der Waals surface area contributed by atoms with Gasteiger partial charge in [-0.2, -0.15) is 0 Å². The summed E-state index contributed by atoms with van der Waals surface area (Å²) in [7, 11) is 0. The Labute approximate surface area is 133 Å². The molecule has 0 saturated heterocycles. The number of nitrogens with zero attached hydrogens (tertiary/aromatic N) is 1. The highest BCUT2D eigenvalue weighted by Crippen LogP contribution is 2.27. The fraction of sp³-hybridized carbons (Fsp3) is 0.312. The molecule has 1 heterocycles. The van der Waals surface area contributed by atoms with E-state index in [2.05, 4.69) is 24.1 Å².